The van der Waals surface area contributed by atoms with Gasteiger partial charge >= 0.3 is 0 Å². The highest BCUT2D eigenvalue weighted by Crippen LogP contribution is 2.40. The van der Waals surface area contributed by atoms with E-state index in [0.717, 1.165) is 11.7 Å². The number of aromatic nitrogens is 2. The lowest BCUT2D eigenvalue weighted by Gasteiger charge is -2.18. The van der Waals surface area contributed by atoms with Crippen LogP contribution in [0.1, 0.15) is 37.6 Å². The number of thioether (sulfide) groups is 1. The van der Waals surface area contributed by atoms with Crippen molar-refractivity contribution >= 4 is 33.3 Å². The molecule has 0 bridgehead atoms. The Morgan fingerprint density at radius 2 is 2.26 bits per heavy atom. The molecule has 0 radical (unpaired) electrons. The second-order valence-electron chi connectivity index (χ2n) is 5.92. The quantitative estimate of drug-likeness (QED) is 0.612. The molecule has 0 aromatic carbocycles. The van der Waals surface area contributed by atoms with E-state index < -0.39 is 0 Å². The highest BCUT2D eigenvalue weighted by molar-refractivity contribution is 7.99. The molecule has 0 amide bonds. The van der Waals surface area contributed by atoms with Crippen LogP contribution in [0.5, 0.6) is 0 Å². The lowest BCUT2D eigenvalue weighted by atomic mass is 9.89. The molecule has 0 spiro atoms. The molecule has 2 aromatic rings. The average molecular weight is 292 g/mol. The third kappa shape index (κ3) is 2.65. The normalized spacial score (nSPS) is 19.1. The van der Waals surface area contributed by atoms with Crippen molar-refractivity contribution < 1.29 is 0 Å². The van der Waals surface area contributed by atoms with Crippen LogP contribution in [0.15, 0.2) is 11.4 Å². The van der Waals surface area contributed by atoms with Crippen LogP contribution in [-0.4, -0.2) is 15.7 Å². The Morgan fingerprint density at radius 1 is 1.42 bits per heavy atom. The summed E-state index contributed by atoms with van der Waals surface area (Å²) in [5, 5.41) is 2.56. The van der Waals surface area contributed by atoms with Gasteiger partial charge in [-0.2, -0.15) is 0 Å². The van der Waals surface area contributed by atoms with Gasteiger partial charge in [-0.05, 0) is 36.7 Å². The van der Waals surface area contributed by atoms with Crippen molar-refractivity contribution in [3.63, 3.8) is 0 Å². The first-order valence-corrected chi connectivity index (χ1v) is 8.83. The minimum absolute atomic E-state index is 0.699. The first-order valence-electron chi connectivity index (χ1n) is 7.03. The summed E-state index contributed by atoms with van der Waals surface area (Å²) in [5.41, 5.74) is 1.55. The largest absolute Gasteiger partial charge is 0.229 e. The molecule has 1 aliphatic rings. The van der Waals surface area contributed by atoms with Crippen LogP contribution in [0.3, 0.4) is 0 Å². The zero-order valence-electron chi connectivity index (χ0n) is 11.8. The number of hydrogen-bond acceptors (Lipinski definition) is 4. The summed E-state index contributed by atoms with van der Waals surface area (Å²) in [6.07, 6.45) is 5.47. The molecule has 1 atom stereocenters. The van der Waals surface area contributed by atoms with Gasteiger partial charge in [-0.25, -0.2) is 9.97 Å². The fourth-order valence-electron chi connectivity index (χ4n) is 2.60. The van der Waals surface area contributed by atoms with Crippen LogP contribution in [0.25, 0.3) is 10.2 Å². The Balaban J connectivity index is 2.03. The zero-order valence-corrected chi connectivity index (χ0v) is 13.4. The van der Waals surface area contributed by atoms with E-state index in [9.17, 15) is 0 Å². The van der Waals surface area contributed by atoms with E-state index in [0.29, 0.717) is 5.92 Å². The molecule has 0 saturated heterocycles. The van der Waals surface area contributed by atoms with E-state index in [1.165, 1.54) is 34.5 Å². The molecule has 2 aromatic heterocycles. The summed E-state index contributed by atoms with van der Waals surface area (Å²) < 4.78 is 0. The van der Waals surface area contributed by atoms with Crippen LogP contribution < -0.4 is 0 Å². The molecule has 2 nitrogen and oxygen atoms in total. The first kappa shape index (κ1) is 13.4. The Bertz CT molecular complexity index is 589. The summed E-state index contributed by atoms with van der Waals surface area (Å²) in [6.45, 7) is 6.87. The van der Waals surface area contributed by atoms with Gasteiger partial charge in [-0.3, -0.25) is 0 Å². The number of thiophene rings is 1. The topological polar surface area (TPSA) is 25.8 Å². The van der Waals surface area contributed by atoms with Crippen molar-refractivity contribution in [2.45, 2.75) is 45.1 Å². The molecular weight excluding hydrogens is 272 g/mol. The predicted octanol–water partition coefficient (Wildman–Crippen LogP) is 4.56. The van der Waals surface area contributed by atoms with E-state index in [-0.39, 0.29) is 0 Å². The highest BCUT2D eigenvalue weighted by Gasteiger charge is 2.23. The van der Waals surface area contributed by atoms with E-state index in [2.05, 4.69) is 30.7 Å². The van der Waals surface area contributed by atoms with Gasteiger partial charge in [0, 0.05) is 16.0 Å². The van der Waals surface area contributed by atoms with Gasteiger partial charge in [0.15, 0.2) is 0 Å². The maximum atomic E-state index is 4.54. The van der Waals surface area contributed by atoms with Crippen molar-refractivity contribution in [2.75, 3.05) is 5.75 Å². The Hall–Kier alpha value is -0.610. The molecule has 3 rings (SSSR count). The van der Waals surface area contributed by atoms with Crippen molar-refractivity contribution in [1.29, 1.82) is 0 Å². The summed E-state index contributed by atoms with van der Waals surface area (Å²) in [4.78, 5) is 11.8. The second kappa shape index (κ2) is 5.41. The minimum atomic E-state index is 0.699. The number of aryl methyl sites for hydroxylation is 1. The Kier molecular flexibility index (Phi) is 3.81. The van der Waals surface area contributed by atoms with Gasteiger partial charge in [-0.15, -0.1) is 23.1 Å². The second-order valence-corrected chi connectivity index (χ2v) is 8.01. The molecule has 2 heterocycles. The molecule has 19 heavy (non-hydrogen) atoms. The highest BCUT2D eigenvalue weighted by atomic mass is 32.2. The third-order valence-electron chi connectivity index (χ3n) is 3.61. The SMILES string of the molecule is CC(C)CSc1ncnc2sc3c(c12)CC[C@@H](C)C3. The monoisotopic (exact) mass is 292 g/mol. The Labute approximate surface area is 123 Å². The molecule has 1 aliphatic carbocycles. The Morgan fingerprint density at radius 3 is 3.05 bits per heavy atom. The molecule has 0 unspecified atom stereocenters. The molecule has 102 valence electrons. The summed E-state index contributed by atoms with van der Waals surface area (Å²) in [5.74, 6) is 2.65. The fraction of sp³-hybridized carbons (Fsp3) is 0.600. The maximum absolute atomic E-state index is 4.54. The van der Waals surface area contributed by atoms with Gasteiger partial charge in [0.1, 0.15) is 16.2 Å². The maximum Gasteiger partial charge on any atom is 0.128 e. The van der Waals surface area contributed by atoms with Gasteiger partial charge in [0.2, 0.25) is 0 Å². The fourth-order valence-corrected chi connectivity index (χ4v) is 4.99. The summed E-state index contributed by atoms with van der Waals surface area (Å²) >= 11 is 3.78. The number of nitrogens with zero attached hydrogens (tertiary/aromatic N) is 2. The van der Waals surface area contributed by atoms with E-state index >= 15 is 0 Å². The van der Waals surface area contributed by atoms with Crippen molar-refractivity contribution in [3.05, 3.63) is 16.8 Å². The average Bonchev–Trinajstić information content (AvgIpc) is 2.73. The van der Waals surface area contributed by atoms with Crippen molar-refractivity contribution in [1.82, 2.24) is 9.97 Å². The van der Waals surface area contributed by atoms with Crippen LogP contribution in [-0.2, 0) is 12.8 Å². The molecule has 0 aliphatic heterocycles. The van der Waals surface area contributed by atoms with Crippen LogP contribution in [0.2, 0.25) is 0 Å². The lowest BCUT2D eigenvalue weighted by Crippen LogP contribution is -2.08. The van der Waals surface area contributed by atoms with E-state index in [1.807, 2.05) is 23.1 Å². The van der Waals surface area contributed by atoms with Crippen molar-refractivity contribution in [2.24, 2.45) is 11.8 Å². The number of hydrogen-bond donors (Lipinski definition) is 0. The predicted molar refractivity (Wildman–Crippen MR) is 84.2 cm³/mol. The molecule has 0 fully saturated rings. The lowest BCUT2D eigenvalue weighted by molar-refractivity contribution is 0.509. The zero-order chi connectivity index (χ0) is 13.4. The van der Waals surface area contributed by atoms with Crippen LogP contribution in [0, 0.1) is 11.8 Å². The molecular formula is C15H20N2S2. The van der Waals surface area contributed by atoms with Crippen molar-refractivity contribution in [3.8, 4) is 0 Å². The third-order valence-corrected chi connectivity index (χ3v) is 6.19. The number of rotatable bonds is 3. The summed E-state index contributed by atoms with van der Waals surface area (Å²) in [7, 11) is 0. The molecule has 4 heteroatoms. The standard InChI is InChI=1S/C15H20N2S2/c1-9(2)7-18-14-13-11-5-4-10(3)6-12(11)19-15(13)17-8-16-14/h8-10H,4-7H2,1-3H3/t10-/m1/s1. The smallest absolute Gasteiger partial charge is 0.128 e. The van der Waals surface area contributed by atoms with E-state index in [1.54, 1.807) is 16.8 Å². The van der Waals surface area contributed by atoms with Gasteiger partial charge < -0.3 is 0 Å². The van der Waals surface area contributed by atoms with Gasteiger partial charge in [0.05, 0.1) is 0 Å². The first-order chi connectivity index (χ1) is 9.15. The van der Waals surface area contributed by atoms with Gasteiger partial charge in [0.25, 0.3) is 0 Å². The number of fused-ring (bicyclic) bond motifs is 3. The van der Waals surface area contributed by atoms with Crippen LogP contribution in [0.4, 0.5) is 0 Å². The molecule has 0 N–H and O–H groups in total. The molecule has 0 saturated carbocycles. The van der Waals surface area contributed by atoms with Gasteiger partial charge in [-0.1, -0.05) is 20.8 Å². The summed E-state index contributed by atoms with van der Waals surface area (Å²) in [6, 6.07) is 0. The van der Waals surface area contributed by atoms with E-state index in [4.69, 9.17) is 0 Å². The minimum Gasteiger partial charge on any atom is -0.229 e. The van der Waals surface area contributed by atoms with Crippen LogP contribution >= 0.6 is 23.1 Å².